The first-order valence-corrected chi connectivity index (χ1v) is 4.99. The summed E-state index contributed by atoms with van der Waals surface area (Å²) in [6.45, 7) is 3.20. The van der Waals surface area contributed by atoms with Crippen molar-refractivity contribution in [3.63, 3.8) is 0 Å². The van der Waals surface area contributed by atoms with Crippen molar-refractivity contribution in [3.05, 3.63) is 12.4 Å². The average Bonchev–Trinajstić information content (AvgIpc) is 2.73. The Labute approximate surface area is 93.0 Å². The van der Waals surface area contributed by atoms with E-state index in [1.165, 1.54) is 6.20 Å². The lowest BCUT2D eigenvalue weighted by Crippen LogP contribution is -2.37. The Kier molecular flexibility index (Phi) is 4.46. The molecule has 1 rings (SSSR count). The van der Waals surface area contributed by atoms with Crippen molar-refractivity contribution in [2.24, 2.45) is 5.73 Å². The van der Waals surface area contributed by atoms with Crippen molar-refractivity contribution in [2.45, 2.75) is 13.5 Å². The quantitative estimate of drug-likeness (QED) is 0.567. The van der Waals surface area contributed by atoms with Crippen LogP contribution >= 0.6 is 0 Å². The zero-order valence-corrected chi connectivity index (χ0v) is 9.06. The molecule has 7 nitrogen and oxygen atoms in total. The molecule has 1 aromatic rings. The van der Waals surface area contributed by atoms with Crippen LogP contribution < -0.4 is 16.4 Å². The number of nitrogens with one attached hydrogen (secondary N) is 2. The maximum absolute atomic E-state index is 11.3. The normalized spacial score (nSPS) is 9.88. The minimum atomic E-state index is -0.718. The molecule has 0 spiro atoms. The van der Waals surface area contributed by atoms with Gasteiger partial charge in [0.15, 0.2) is 0 Å². The molecule has 0 aromatic carbocycles. The Bertz CT molecular complexity index is 374. The highest BCUT2D eigenvalue weighted by molar-refractivity contribution is 6.39. The Balaban J connectivity index is 2.47. The van der Waals surface area contributed by atoms with E-state index in [9.17, 15) is 9.59 Å². The van der Waals surface area contributed by atoms with E-state index in [-0.39, 0.29) is 6.54 Å². The lowest BCUT2D eigenvalue weighted by Gasteiger charge is -2.02. The van der Waals surface area contributed by atoms with Gasteiger partial charge < -0.3 is 16.4 Å². The van der Waals surface area contributed by atoms with Gasteiger partial charge in [-0.05, 0) is 6.92 Å². The number of hydrogen-bond acceptors (Lipinski definition) is 4. The van der Waals surface area contributed by atoms with E-state index in [1.54, 1.807) is 10.9 Å². The summed E-state index contributed by atoms with van der Waals surface area (Å²) in [6.07, 6.45) is 3.13. The minimum absolute atomic E-state index is 0.278. The highest BCUT2D eigenvalue weighted by atomic mass is 16.2. The first-order chi connectivity index (χ1) is 7.67. The van der Waals surface area contributed by atoms with Crippen LogP contribution in [-0.2, 0) is 16.1 Å². The maximum atomic E-state index is 11.3. The van der Waals surface area contributed by atoms with Crippen LogP contribution in [0.4, 0.5) is 5.69 Å². The molecule has 0 aliphatic rings. The van der Waals surface area contributed by atoms with E-state index in [0.717, 1.165) is 0 Å². The molecule has 0 aliphatic heterocycles. The molecule has 0 fully saturated rings. The highest BCUT2D eigenvalue weighted by Gasteiger charge is 2.13. The van der Waals surface area contributed by atoms with Gasteiger partial charge in [0.1, 0.15) is 0 Å². The second-order valence-corrected chi connectivity index (χ2v) is 3.08. The highest BCUT2D eigenvalue weighted by Crippen LogP contribution is 2.03. The van der Waals surface area contributed by atoms with Gasteiger partial charge in [0.05, 0.1) is 11.9 Å². The van der Waals surface area contributed by atoms with Gasteiger partial charge in [-0.15, -0.1) is 0 Å². The molecule has 88 valence electrons. The summed E-state index contributed by atoms with van der Waals surface area (Å²) in [5.41, 5.74) is 5.69. The summed E-state index contributed by atoms with van der Waals surface area (Å²) in [7, 11) is 0. The lowest BCUT2D eigenvalue weighted by molar-refractivity contribution is -0.136. The van der Waals surface area contributed by atoms with Crippen LogP contribution in [-0.4, -0.2) is 34.7 Å². The number of carbonyl (C=O) groups is 2. The van der Waals surface area contributed by atoms with E-state index in [2.05, 4.69) is 15.7 Å². The SMILES string of the molecule is CCn1cc(NC(=O)C(=O)NCCN)cn1. The molecule has 0 saturated carbocycles. The Morgan fingerprint density at radius 2 is 2.25 bits per heavy atom. The third-order valence-corrected chi connectivity index (χ3v) is 1.85. The van der Waals surface area contributed by atoms with Gasteiger partial charge in [0.2, 0.25) is 0 Å². The van der Waals surface area contributed by atoms with Gasteiger partial charge >= 0.3 is 11.8 Å². The molecular formula is C9H15N5O2. The predicted molar refractivity (Wildman–Crippen MR) is 58.6 cm³/mol. The van der Waals surface area contributed by atoms with Crippen LogP contribution in [0.1, 0.15) is 6.92 Å². The van der Waals surface area contributed by atoms with Gasteiger partial charge in [-0.25, -0.2) is 0 Å². The smallest absolute Gasteiger partial charge is 0.313 e. The topological polar surface area (TPSA) is 102 Å². The minimum Gasteiger partial charge on any atom is -0.347 e. The van der Waals surface area contributed by atoms with E-state index >= 15 is 0 Å². The van der Waals surface area contributed by atoms with Crippen LogP contribution in [0.15, 0.2) is 12.4 Å². The Morgan fingerprint density at radius 3 is 2.81 bits per heavy atom. The van der Waals surface area contributed by atoms with Gasteiger partial charge in [0.25, 0.3) is 0 Å². The Hall–Kier alpha value is -1.89. The number of anilines is 1. The van der Waals surface area contributed by atoms with Crippen molar-refractivity contribution in [2.75, 3.05) is 18.4 Å². The number of amides is 2. The third-order valence-electron chi connectivity index (χ3n) is 1.85. The molecule has 0 saturated heterocycles. The van der Waals surface area contributed by atoms with Crippen LogP contribution in [0, 0.1) is 0 Å². The van der Waals surface area contributed by atoms with Gasteiger partial charge in [0, 0.05) is 25.8 Å². The molecule has 0 atom stereocenters. The van der Waals surface area contributed by atoms with Crippen molar-refractivity contribution in [1.29, 1.82) is 0 Å². The van der Waals surface area contributed by atoms with E-state index in [4.69, 9.17) is 5.73 Å². The van der Waals surface area contributed by atoms with Gasteiger partial charge in [-0.2, -0.15) is 5.10 Å². The van der Waals surface area contributed by atoms with E-state index in [1.807, 2.05) is 6.92 Å². The molecule has 1 aromatic heterocycles. The van der Waals surface area contributed by atoms with Crippen LogP contribution in [0.2, 0.25) is 0 Å². The molecule has 16 heavy (non-hydrogen) atoms. The second kappa shape index (κ2) is 5.86. The number of carbonyl (C=O) groups excluding carboxylic acids is 2. The number of hydrogen-bond donors (Lipinski definition) is 3. The van der Waals surface area contributed by atoms with Crippen LogP contribution in [0.25, 0.3) is 0 Å². The van der Waals surface area contributed by atoms with Crippen molar-refractivity contribution in [3.8, 4) is 0 Å². The number of aryl methyl sites for hydroxylation is 1. The maximum Gasteiger partial charge on any atom is 0.313 e. The summed E-state index contributed by atoms with van der Waals surface area (Å²) in [6, 6.07) is 0. The summed E-state index contributed by atoms with van der Waals surface area (Å²) in [5, 5.41) is 8.76. The fourth-order valence-electron chi connectivity index (χ4n) is 1.05. The largest absolute Gasteiger partial charge is 0.347 e. The third kappa shape index (κ3) is 3.35. The molecule has 0 aliphatic carbocycles. The zero-order valence-electron chi connectivity index (χ0n) is 9.06. The van der Waals surface area contributed by atoms with Gasteiger partial charge in [-0.3, -0.25) is 14.3 Å². The number of rotatable bonds is 4. The standard InChI is InChI=1S/C9H15N5O2/c1-2-14-6-7(5-12-14)13-9(16)8(15)11-4-3-10/h5-6H,2-4,10H2,1H3,(H,11,15)(H,13,16). The molecular weight excluding hydrogens is 210 g/mol. The molecule has 0 unspecified atom stereocenters. The lowest BCUT2D eigenvalue weighted by atomic mass is 10.4. The Morgan fingerprint density at radius 1 is 1.50 bits per heavy atom. The molecule has 0 bridgehead atoms. The summed E-state index contributed by atoms with van der Waals surface area (Å²) >= 11 is 0. The molecule has 4 N–H and O–H groups in total. The molecule has 2 amide bonds. The number of aromatic nitrogens is 2. The van der Waals surface area contributed by atoms with Crippen molar-refractivity contribution < 1.29 is 9.59 Å². The predicted octanol–water partition coefficient (Wildman–Crippen LogP) is -1.08. The fourth-order valence-corrected chi connectivity index (χ4v) is 1.05. The molecule has 1 heterocycles. The second-order valence-electron chi connectivity index (χ2n) is 3.08. The van der Waals surface area contributed by atoms with Crippen molar-refractivity contribution in [1.82, 2.24) is 15.1 Å². The fraction of sp³-hybridized carbons (Fsp3) is 0.444. The number of nitrogens with two attached hydrogens (primary N) is 1. The molecule has 7 heteroatoms. The number of nitrogens with zero attached hydrogens (tertiary/aromatic N) is 2. The monoisotopic (exact) mass is 225 g/mol. The first-order valence-electron chi connectivity index (χ1n) is 4.99. The van der Waals surface area contributed by atoms with E-state index < -0.39 is 11.8 Å². The van der Waals surface area contributed by atoms with Crippen molar-refractivity contribution >= 4 is 17.5 Å². The van der Waals surface area contributed by atoms with Crippen LogP contribution in [0.3, 0.4) is 0 Å². The van der Waals surface area contributed by atoms with Gasteiger partial charge in [-0.1, -0.05) is 0 Å². The average molecular weight is 225 g/mol. The molecule has 0 radical (unpaired) electrons. The zero-order chi connectivity index (χ0) is 12.0. The van der Waals surface area contributed by atoms with Crippen LogP contribution in [0.5, 0.6) is 0 Å². The summed E-state index contributed by atoms with van der Waals surface area (Å²) < 4.78 is 1.65. The summed E-state index contributed by atoms with van der Waals surface area (Å²) in [5.74, 6) is -1.42. The first kappa shape index (κ1) is 12.2. The summed E-state index contributed by atoms with van der Waals surface area (Å²) in [4.78, 5) is 22.5. The van der Waals surface area contributed by atoms with E-state index in [0.29, 0.717) is 18.8 Å².